The molecule has 1 aromatic heterocycles. The molecule has 0 aliphatic heterocycles. The van der Waals surface area contributed by atoms with Crippen molar-refractivity contribution in [3.8, 4) is 0 Å². The quantitative estimate of drug-likeness (QED) is 0.773. The maximum atomic E-state index is 5.59. The second kappa shape index (κ2) is 4.86. The summed E-state index contributed by atoms with van der Waals surface area (Å²) < 4.78 is 5.59. The van der Waals surface area contributed by atoms with Crippen LogP contribution in [0.3, 0.4) is 0 Å². The van der Waals surface area contributed by atoms with E-state index in [-0.39, 0.29) is 6.10 Å². The molecular weight excluding hydrogens is 236 g/mol. The number of nitrogens with zero attached hydrogens (tertiary/aromatic N) is 1. The number of aromatic nitrogens is 2. The van der Waals surface area contributed by atoms with E-state index in [4.69, 9.17) is 4.74 Å². The SMILES string of the molecule is COC(c1ccccc1)c1nc2ccc(C)cc2[nH]1. The van der Waals surface area contributed by atoms with Gasteiger partial charge in [-0.05, 0) is 30.2 Å². The van der Waals surface area contributed by atoms with Gasteiger partial charge in [-0.1, -0.05) is 36.4 Å². The van der Waals surface area contributed by atoms with Crippen LogP contribution in [0, 0.1) is 6.92 Å². The molecule has 1 atom stereocenters. The lowest BCUT2D eigenvalue weighted by molar-refractivity contribution is 0.130. The molecule has 0 fully saturated rings. The number of methoxy groups -OCH3 is 1. The van der Waals surface area contributed by atoms with Crippen LogP contribution in [-0.4, -0.2) is 17.1 Å². The third kappa shape index (κ3) is 2.25. The first-order chi connectivity index (χ1) is 9.28. The zero-order valence-corrected chi connectivity index (χ0v) is 11.1. The van der Waals surface area contributed by atoms with Crippen LogP contribution in [0.1, 0.15) is 23.1 Å². The van der Waals surface area contributed by atoms with Gasteiger partial charge >= 0.3 is 0 Å². The Balaban J connectivity index is 2.07. The van der Waals surface area contributed by atoms with Crippen LogP contribution in [0.4, 0.5) is 0 Å². The van der Waals surface area contributed by atoms with Crippen molar-refractivity contribution in [3.05, 3.63) is 65.5 Å². The Kier molecular flexibility index (Phi) is 3.05. The highest BCUT2D eigenvalue weighted by molar-refractivity contribution is 5.76. The lowest BCUT2D eigenvalue weighted by Crippen LogP contribution is -2.05. The predicted octanol–water partition coefficient (Wildman–Crippen LogP) is 3.61. The van der Waals surface area contributed by atoms with Gasteiger partial charge in [0, 0.05) is 7.11 Å². The second-order valence-corrected chi connectivity index (χ2v) is 4.67. The predicted molar refractivity (Wildman–Crippen MR) is 76.1 cm³/mol. The van der Waals surface area contributed by atoms with E-state index < -0.39 is 0 Å². The van der Waals surface area contributed by atoms with Gasteiger partial charge in [-0.25, -0.2) is 4.98 Å². The van der Waals surface area contributed by atoms with Gasteiger partial charge < -0.3 is 9.72 Å². The molecule has 0 amide bonds. The number of aryl methyl sites for hydroxylation is 1. The van der Waals surface area contributed by atoms with Crippen LogP contribution in [0.5, 0.6) is 0 Å². The average Bonchev–Trinajstić information content (AvgIpc) is 2.83. The summed E-state index contributed by atoms with van der Waals surface area (Å²) in [6, 6.07) is 16.3. The zero-order chi connectivity index (χ0) is 13.2. The number of nitrogens with one attached hydrogen (secondary N) is 1. The molecule has 3 aromatic rings. The number of ether oxygens (including phenoxy) is 1. The molecular formula is C16H16N2O. The second-order valence-electron chi connectivity index (χ2n) is 4.67. The van der Waals surface area contributed by atoms with Gasteiger partial charge in [-0.2, -0.15) is 0 Å². The van der Waals surface area contributed by atoms with Gasteiger partial charge in [0.15, 0.2) is 0 Å². The highest BCUT2D eigenvalue weighted by Crippen LogP contribution is 2.25. The number of rotatable bonds is 3. The molecule has 3 nitrogen and oxygen atoms in total. The van der Waals surface area contributed by atoms with Crippen LogP contribution in [0.25, 0.3) is 11.0 Å². The number of H-pyrrole nitrogens is 1. The summed E-state index contributed by atoms with van der Waals surface area (Å²) in [5, 5.41) is 0. The first-order valence-electron chi connectivity index (χ1n) is 6.32. The largest absolute Gasteiger partial charge is 0.369 e. The van der Waals surface area contributed by atoms with Gasteiger partial charge in [-0.3, -0.25) is 0 Å². The molecule has 19 heavy (non-hydrogen) atoms. The highest BCUT2D eigenvalue weighted by atomic mass is 16.5. The van der Waals surface area contributed by atoms with E-state index in [1.54, 1.807) is 7.11 Å². The number of fused-ring (bicyclic) bond motifs is 1. The van der Waals surface area contributed by atoms with Crippen molar-refractivity contribution >= 4 is 11.0 Å². The fraction of sp³-hybridized carbons (Fsp3) is 0.188. The minimum absolute atomic E-state index is 0.158. The Morgan fingerprint density at radius 2 is 1.89 bits per heavy atom. The average molecular weight is 252 g/mol. The number of hydrogen-bond donors (Lipinski definition) is 1. The van der Waals surface area contributed by atoms with Crippen LogP contribution in [-0.2, 0) is 4.74 Å². The molecule has 0 aliphatic carbocycles. The van der Waals surface area contributed by atoms with Crippen LogP contribution in [0.15, 0.2) is 48.5 Å². The fourth-order valence-electron chi connectivity index (χ4n) is 2.30. The zero-order valence-electron chi connectivity index (χ0n) is 11.1. The highest BCUT2D eigenvalue weighted by Gasteiger charge is 2.17. The Bertz CT molecular complexity index is 688. The summed E-state index contributed by atoms with van der Waals surface area (Å²) in [7, 11) is 1.70. The van der Waals surface area contributed by atoms with Crippen LogP contribution in [0.2, 0.25) is 0 Å². The van der Waals surface area contributed by atoms with Gasteiger partial charge in [-0.15, -0.1) is 0 Å². The van der Waals surface area contributed by atoms with Gasteiger partial charge in [0.25, 0.3) is 0 Å². The summed E-state index contributed by atoms with van der Waals surface area (Å²) in [6.45, 7) is 2.07. The van der Waals surface area contributed by atoms with E-state index in [1.165, 1.54) is 5.56 Å². The molecule has 3 rings (SSSR count). The summed E-state index contributed by atoms with van der Waals surface area (Å²) >= 11 is 0. The van der Waals surface area contributed by atoms with Crippen molar-refractivity contribution < 1.29 is 4.74 Å². The Morgan fingerprint density at radius 1 is 1.11 bits per heavy atom. The van der Waals surface area contributed by atoms with E-state index in [0.717, 1.165) is 22.4 Å². The topological polar surface area (TPSA) is 37.9 Å². The molecule has 0 spiro atoms. The molecule has 1 N–H and O–H groups in total. The number of hydrogen-bond acceptors (Lipinski definition) is 2. The molecule has 0 saturated carbocycles. The maximum Gasteiger partial charge on any atom is 0.141 e. The van der Waals surface area contributed by atoms with Crippen LogP contribution < -0.4 is 0 Å². The third-order valence-corrected chi connectivity index (χ3v) is 3.24. The first-order valence-corrected chi connectivity index (χ1v) is 6.32. The summed E-state index contributed by atoms with van der Waals surface area (Å²) in [6.07, 6.45) is -0.158. The van der Waals surface area contributed by atoms with Gasteiger partial charge in [0.1, 0.15) is 11.9 Å². The molecule has 96 valence electrons. The van der Waals surface area contributed by atoms with Crippen molar-refractivity contribution in [2.24, 2.45) is 0 Å². The molecule has 1 heterocycles. The third-order valence-electron chi connectivity index (χ3n) is 3.24. The Morgan fingerprint density at radius 3 is 2.63 bits per heavy atom. The van der Waals surface area contributed by atoms with Crippen molar-refractivity contribution in [1.82, 2.24) is 9.97 Å². The molecule has 0 radical (unpaired) electrons. The lowest BCUT2D eigenvalue weighted by Gasteiger charge is -2.12. The Hall–Kier alpha value is -2.13. The molecule has 0 bridgehead atoms. The van der Waals surface area contributed by atoms with E-state index in [0.29, 0.717) is 0 Å². The van der Waals surface area contributed by atoms with Gasteiger partial charge in [0.2, 0.25) is 0 Å². The van der Waals surface area contributed by atoms with E-state index in [2.05, 4.69) is 29.0 Å². The van der Waals surface area contributed by atoms with Crippen LogP contribution >= 0.6 is 0 Å². The van der Waals surface area contributed by atoms with Gasteiger partial charge in [0.05, 0.1) is 11.0 Å². The lowest BCUT2D eigenvalue weighted by atomic mass is 10.1. The van der Waals surface area contributed by atoms with E-state index >= 15 is 0 Å². The summed E-state index contributed by atoms with van der Waals surface area (Å²) in [5.41, 5.74) is 4.34. The van der Waals surface area contributed by atoms with Crippen molar-refractivity contribution in [2.45, 2.75) is 13.0 Å². The van der Waals surface area contributed by atoms with E-state index in [1.807, 2.05) is 36.4 Å². The normalized spacial score (nSPS) is 12.7. The number of aromatic amines is 1. The van der Waals surface area contributed by atoms with Crippen molar-refractivity contribution in [3.63, 3.8) is 0 Å². The number of benzene rings is 2. The smallest absolute Gasteiger partial charge is 0.141 e. The first kappa shape index (κ1) is 11.9. The minimum atomic E-state index is -0.158. The maximum absolute atomic E-state index is 5.59. The molecule has 1 unspecified atom stereocenters. The van der Waals surface area contributed by atoms with E-state index in [9.17, 15) is 0 Å². The molecule has 0 saturated heterocycles. The molecule has 2 aromatic carbocycles. The Labute approximate surface area is 112 Å². The monoisotopic (exact) mass is 252 g/mol. The molecule has 3 heteroatoms. The number of imidazole rings is 1. The summed E-state index contributed by atoms with van der Waals surface area (Å²) in [4.78, 5) is 7.97. The minimum Gasteiger partial charge on any atom is -0.369 e. The summed E-state index contributed by atoms with van der Waals surface area (Å²) in [5.74, 6) is 0.842. The fourth-order valence-corrected chi connectivity index (χ4v) is 2.30. The van der Waals surface area contributed by atoms with Crippen molar-refractivity contribution in [2.75, 3.05) is 7.11 Å². The van der Waals surface area contributed by atoms with Crippen molar-refractivity contribution in [1.29, 1.82) is 0 Å². The standard InChI is InChI=1S/C16H16N2O/c1-11-8-9-13-14(10-11)18-16(17-13)15(19-2)12-6-4-3-5-7-12/h3-10,15H,1-2H3,(H,17,18). The molecule has 0 aliphatic rings.